The summed E-state index contributed by atoms with van der Waals surface area (Å²) in [6, 6.07) is 11.0. The Morgan fingerprint density at radius 1 is 1.33 bits per heavy atom. The van der Waals surface area contributed by atoms with E-state index in [1.54, 1.807) is 25.4 Å². The first-order valence-electron chi connectivity index (χ1n) is 6.73. The molecule has 0 saturated heterocycles. The lowest BCUT2D eigenvalue weighted by Gasteiger charge is -2.17. The lowest BCUT2D eigenvalue weighted by Crippen LogP contribution is -2.28. The Hall–Kier alpha value is -2.56. The Balaban J connectivity index is 2.00. The Bertz CT molecular complexity index is 611. The maximum absolute atomic E-state index is 12.1. The zero-order chi connectivity index (χ0) is 15.2. The maximum Gasteiger partial charge on any atom is 0.226 e. The zero-order valence-electron chi connectivity index (χ0n) is 12.2. The predicted molar refractivity (Wildman–Crippen MR) is 81.9 cm³/mol. The number of carbonyl (C=O) groups is 1. The summed E-state index contributed by atoms with van der Waals surface area (Å²) in [7, 11) is 1.62. The molecule has 3 N–H and O–H groups in total. The Labute approximate surface area is 124 Å². The number of aromatic nitrogens is 1. The molecular weight excluding hydrogens is 266 g/mol. The van der Waals surface area contributed by atoms with Gasteiger partial charge in [-0.15, -0.1) is 0 Å². The minimum Gasteiger partial charge on any atom is -0.496 e. The molecule has 0 radical (unpaired) electrons. The van der Waals surface area contributed by atoms with E-state index in [0.29, 0.717) is 11.4 Å². The summed E-state index contributed by atoms with van der Waals surface area (Å²) >= 11 is 0. The van der Waals surface area contributed by atoms with E-state index in [2.05, 4.69) is 10.3 Å². The van der Waals surface area contributed by atoms with Crippen molar-refractivity contribution in [2.24, 2.45) is 0 Å². The smallest absolute Gasteiger partial charge is 0.226 e. The molecular formula is C16H19N3O2. The highest BCUT2D eigenvalue weighted by Crippen LogP contribution is 2.24. The van der Waals surface area contributed by atoms with Gasteiger partial charge in [0.05, 0.1) is 31.5 Å². The van der Waals surface area contributed by atoms with E-state index in [0.717, 1.165) is 11.3 Å². The van der Waals surface area contributed by atoms with Crippen molar-refractivity contribution in [2.75, 3.05) is 12.8 Å². The van der Waals surface area contributed by atoms with Crippen molar-refractivity contribution in [3.05, 3.63) is 53.9 Å². The highest BCUT2D eigenvalue weighted by molar-refractivity contribution is 5.78. The van der Waals surface area contributed by atoms with Gasteiger partial charge >= 0.3 is 0 Å². The molecule has 5 nitrogen and oxygen atoms in total. The molecule has 0 saturated carbocycles. The van der Waals surface area contributed by atoms with Gasteiger partial charge in [0, 0.05) is 11.3 Å². The van der Waals surface area contributed by atoms with Crippen LogP contribution in [-0.4, -0.2) is 18.0 Å². The molecule has 1 amide bonds. The number of nitrogens with one attached hydrogen (secondary N) is 1. The molecule has 0 aliphatic carbocycles. The summed E-state index contributed by atoms with van der Waals surface area (Å²) in [6.45, 7) is 1.92. The van der Waals surface area contributed by atoms with Crippen molar-refractivity contribution in [1.82, 2.24) is 10.3 Å². The molecule has 2 rings (SSSR count). The second kappa shape index (κ2) is 6.74. The molecule has 21 heavy (non-hydrogen) atoms. The van der Waals surface area contributed by atoms with Crippen LogP contribution in [0.4, 0.5) is 5.69 Å². The number of nitrogen functional groups attached to an aromatic ring is 1. The predicted octanol–water partition coefficient (Wildman–Crippen LogP) is 2.09. The number of benzene rings is 1. The molecule has 0 aliphatic heterocycles. The molecule has 1 aromatic carbocycles. The number of pyridine rings is 1. The minimum absolute atomic E-state index is 0.0920. The molecule has 0 unspecified atom stereocenters. The lowest BCUT2D eigenvalue weighted by atomic mass is 10.1. The lowest BCUT2D eigenvalue weighted by molar-refractivity contribution is -0.121. The van der Waals surface area contributed by atoms with E-state index in [9.17, 15) is 4.79 Å². The Morgan fingerprint density at radius 2 is 2.10 bits per heavy atom. The van der Waals surface area contributed by atoms with Gasteiger partial charge in [0.2, 0.25) is 5.91 Å². The van der Waals surface area contributed by atoms with Crippen LogP contribution in [0, 0.1) is 0 Å². The number of hydrogen-bond donors (Lipinski definition) is 2. The van der Waals surface area contributed by atoms with Crippen LogP contribution < -0.4 is 15.8 Å². The number of nitrogens with zero attached hydrogens (tertiary/aromatic N) is 1. The van der Waals surface area contributed by atoms with Crippen LogP contribution in [0.1, 0.15) is 24.2 Å². The number of anilines is 1. The van der Waals surface area contributed by atoms with Crippen LogP contribution in [0.25, 0.3) is 0 Å². The number of rotatable bonds is 5. The van der Waals surface area contributed by atoms with Crippen LogP contribution in [0.3, 0.4) is 0 Å². The largest absolute Gasteiger partial charge is 0.496 e. The van der Waals surface area contributed by atoms with E-state index in [-0.39, 0.29) is 18.4 Å². The van der Waals surface area contributed by atoms with Crippen molar-refractivity contribution in [2.45, 2.75) is 19.4 Å². The third kappa shape index (κ3) is 3.95. The molecule has 2 aromatic rings. The van der Waals surface area contributed by atoms with Gasteiger partial charge in [-0.25, -0.2) is 0 Å². The fraction of sp³-hybridized carbons (Fsp3) is 0.250. The van der Waals surface area contributed by atoms with Gasteiger partial charge in [0.15, 0.2) is 0 Å². The van der Waals surface area contributed by atoms with Gasteiger partial charge < -0.3 is 15.8 Å². The molecule has 0 fully saturated rings. The van der Waals surface area contributed by atoms with Crippen LogP contribution in [0.15, 0.2) is 42.6 Å². The third-order valence-corrected chi connectivity index (χ3v) is 3.17. The van der Waals surface area contributed by atoms with Crippen molar-refractivity contribution in [1.29, 1.82) is 0 Å². The van der Waals surface area contributed by atoms with E-state index in [4.69, 9.17) is 10.5 Å². The number of methoxy groups -OCH3 is 1. The summed E-state index contributed by atoms with van der Waals surface area (Å²) < 4.78 is 5.30. The number of amides is 1. The molecule has 1 heterocycles. The van der Waals surface area contributed by atoms with Crippen molar-refractivity contribution < 1.29 is 9.53 Å². The number of hydrogen-bond acceptors (Lipinski definition) is 4. The van der Waals surface area contributed by atoms with Crippen LogP contribution in [0.5, 0.6) is 5.75 Å². The first-order valence-corrected chi connectivity index (χ1v) is 6.73. The van der Waals surface area contributed by atoms with Crippen molar-refractivity contribution >= 4 is 11.6 Å². The molecule has 1 aromatic heterocycles. The van der Waals surface area contributed by atoms with E-state index >= 15 is 0 Å². The first kappa shape index (κ1) is 14.8. The summed E-state index contributed by atoms with van der Waals surface area (Å²) in [5, 5.41) is 2.94. The average Bonchev–Trinajstić information content (AvgIpc) is 2.49. The first-order chi connectivity index (χ1) is 10.1. The van der Waals surface area contributed by atoms with Gasteiger partial charge in [-0.05, 0) is 25.1 Å². The SMILES string of the molecule is COc1ccccc1[C@@H](C)NC(=O)Cc1ccc(N)cn1. The van der Waals surface area contributed by atoms with Crippen molar-refractivity contribution in [3.8, 4) is 5.75 Å². The molecule has 0 aliphatic rings. The van der Waals surface area contributed by atoms with Crippen LogP contribution in [0.2, 0.25) is 0 Å². The van der Waals surface area contributed by atoms with Gasteiger partial charge in [-0.1, -0.05) is 18.2 Å². The summed E-state index contributed by atoms with van der Waals surface area (Å²) in [5.74, 6) is 0.668. The second-order valence-electron chi connectivity index (χ2n) is 4.79. The maximum atomic E-state index is 12.1. The van der Waals surface area contributed by atoms with Gasteiger partial charge in [0.25, 0.3) is 0 Å². The highest BCUT2D eigenvalue weighted by Gasteiger charge is 2.14. The van der Waals surface area contributed by atoms with E-state index in [1.807, 2.05) is 31.2 Å². The minimum atomic E-state index is -0.137. The van der Waals surface area contributed by atoms with E-state index < -0.39 is 0 Å². The monoisotopic (exact) mass is 285 g/mol. The van der Waals surface area contributed by atoms with Gasteiger partial charge in [0.1, 0.15) is 5.75 Å². The summed E-state index contributed by atoms with van der Waals surface area (Å²) in [5.41, 5.74) is 7.79. The average molecular weight is 285 g/mol. The number of ether oxygens (including phenoxy) is 1. The van der Waals surface area contributed by atoms with Gasteiger partial charge in [-0.2, -0.15) is 0 Å². The zero-order valence-corrected chi connectivity index (χ0v) is 12.2. The van der Waals surface area contributed by atoms with Crippen LogP contribution in [-0.2, 0) is 11.2 Å². The van der Waals surface area contributed by atoms with Crippen molar-refractivity contribution in [3.63, 3.8) is 0 Å². The van der Waals surface area contributed by atoms with Gasteiger partial charge in [-0.3, -0.25) is 9.78 Å². The molecule has 110 valence electrons. The molecule has 1 atom stereocenters. The number of para-hydroxylation sites is 1. The normalized spacial score (nSPS) is 11.7. The molecule has 0 bridgehead atoms. The van der Waals surface area contributed by atoms with Crippen LogP contribution >= 0.6 is 0 Å². The quantitative estimate of drug-likeness (QED) is 0.882. The molecule has 5 heteroatoms. The third-order valence-electron chi connectivity index (χ3n) is 3.17. The fourth-order valence-electron chi connectivity index (χ4n) is 2.10. The second-order valence-corrected chi connectivity index (χ2v) is 4.79. The fourth-order valence-corrected chi connectivity index (χ4v) is 2.10. The Kier molecular flexibility index (Phi) is 4.77. The number of nitrogens with two attached hydrogens (primary N) is 1. The summed E-state index contributed by atoms with van der Waals surface area (Å²) in [4.78, 5) is 16.2. The topological polar surface area (TPSA) is 77.2 Å². The Morgan fingerprint density at radius 3 is 2.76 bits per heavy atom. The highest BCUT2D eigenvalue weighted by atomic mass is 16.5. The standard InChI is InChI=1S/C16H19N3O2/c1-11(14-5-3-4-6-15(14)21-2)19-16(20)9-13-8-7-12(17)10-18-13/h3-8,10-11H,9,17H2,1-2H3,(H,19,20)/t11-/m1/s1. The number of carbonyl (C=O) groups excluding carboxylic acids is 1. The summed E-state index contributed by atoms with van der Waals surface area (Å²) in [6.07, 6.45) is 1.77. The molecule has 0 spiro atoms. The van der Waals surface area contributed by atoms with E-state index in [1.165, 1.54) is 0 Å².